The third kappa shape index (κ3) is 2.87. The van der Waals surface area contributed by atoms with Crippen molar-refractivity contribution in [3.63, 3.8) is 0 Å². The lowest BCUT2D eigenvalue weighted by Crippen LogP contribution is -2.33. The highest BCUT2D eigenvalue weighted by molar-refractivity contribution is 7.10. The van der Waals surface area contributed by atoms with Crippen molar-refractivity contribution in [2.75, 3.05) is 7.11 Å². The fourth-order valence-corrected chi connectivity index (χ4v) is 4.56. The molecular weight excluding hydrogens is 380 g/mol. The normalized spacial score (nSPS) is 20.5. The molecule has 2 aliphatic rings. The number of hydrogen-bond acceptors (Lipinski definition) is 5. The molecule has 0 saturated carbocycles. The molecule has 27 heavy (non-hydrogen) atoms. The largest absolute Gasteiger partial charge is 0.497 e. The molecule has 0 aliphatic carbocycles. The predicted octanol–water partition coefficient (Wildman–Crippen LogP) is 5.65. The number of hydrazone groups is 1. The summed E-state index contributed by atoms with van der Waals surface area (Å²) in [6, 6.07) is 18.1. The molecule has 3 heterocycles. The molecular formula is C21H17ClN2O2S. The van der Waals surface area contributed by atoms with Gasteiger partial charge in [-0.25, -0.2) is 5.01 Å². The number of benzene rings is 2. The maximum atomic E-state index is 6.32. The lowest BCUT2D eigenvalue weighted by molar-refractivity contribution is -0.0165. The molecule has 0 N–H and O–H groups in total. The highest BCUT2D eigenvalue weighted by atomic mass is 35.5. The van der Waals surface area contributed by atoms with Crippen LogP contribution in [0, 0.1) is 0 Å². The zero-order chi connectivity index (χ0) is 18.4. The summed E-state index contributed by atoms with van der Waals surface area (Å²) in [5, 5.41) is 9.80. The van der Waals surface area contributed by atoms with Crippen LogP contribution in [0.2, 0.25) is 5.02 Å². The van der Waals surface area contributed by atoms with Crippen LogP contribution < -0.4 is 9.47 Å². The van der Waals surface area contributed by atoms with Crippen LogP contribution in [0.25, 0.3) is 0 Å². The van der Waals surface area contributed by atoms with Gasteiger partial charge in [-0.15, -0.1) is 11.3 Å². The Labute approximate surface area is 166 Å². The van der Waals surface area contributed by atoms with E-state index in [0.29, 0.717) is 5.02 Å². The van der Waals surface area contributed by atoms with E-state index in [2.05, 4.69) is 28.6 Å². The Morgan fingerprint density at radius 2 is 2.04 bits per heavy atom. The van der Waals surface area contributed by atoms with Crippen molar-refractivity contribution in [2.24, 2.45) is 5.10 Å². The van der Waals surface area contributed by atoms with Gasteiger partial charge in [-0.3, -0.25) is 0 Å². The van der Waals surface area contributed by atoms with Gasteiger partial charge in [-0.05, 0) is 59.5 Å². The second kappa shape index (κ2) is 6.59. The van der Waals surface area contributed by atoms with Gasteiger partial charge in [0.2, 0.25) is 6.23 Å². The van der Waals surface area contributed by atoms with Crippen LogP contribution >= 0.6 is 22.9 Å². The molecule has 2 atom stereocenters. The first kappa shape index (κ1) is 16.7. The molecule has 5 rings (SSSR count). The van der Waals surface area contributed by atoms with E-state index in [9.17, 15) is 0 Å². The molecule has 6 heteroatoms. The van der Waals surface area contributed by atoms with Crippen molar-refractivity contribution in [3.05, 3.63) is 81.0 Å². The Bertz CT molecular complexity index is 1000. The molecule has 0 radical (unpaired) electrons. The molecule has 136 valence electrons. The van der Waals surface area contributed by atoms with Crippen molar-refractivity contribution < 1.29 is 9.47 Å². The first-order valence-electron chi connectivity index (χ1n) is 8.72. The number of halogens is 1. The second-order valence-corrected chi connectivity index (χ2v) is 7.96. The average Bonchev–Trinajstić information content (AvgIpc) is 3.38. The van der Waals surface area contributed by atoms with Crippen molar-refractivity contribution in [1.29, 1.82) is 0 Å². The Balaban J connectivity index is 1.57. The van der Waals surface area contributed by atoms with Gasteiger partial charge in [0.15, 0.2) is 0 Å². The van der Waals surface area contributed by atoms with Crippen LogP contribution in [0.3, 0.4) is 0 Å². The molecule has 2 aliphatic heterocycles. The second-order valence-electron chi connectivity index (χ2n) is 6.54. The van der Waals surface area contributed by atoms with Crippen molar-refractivity contribution in [2.45, 2.75) is 18.7 Å². The lowest BCUT2D eigenvalue weighted by atomic mass is 9.96. The standard InChI is InChI=1S/C21H17ClN2O2S/c1-25-15-7-4-13(5-8-15)17-12-18-16-11-14(22)6-9-19(16)26-21(24(18)23-17)20-3-2-10-27-20/h2-11,18,21H,12H2,1H3/t18-,21-/m1/s1. The summed E-state index contributed by atoms with van der Waals surface area (Å²) in [5.41, 5.74) is 3.22. The van der Waals surface area contributed by atoms with Crippen LogP contribution in [-0.2, 0) is 0 Å². The fraction of sp³-hybridized carbons (Fsp3) is 0.190. The van der Waals surface area contributed by atoms with E-state index in [1.54, 1.807) is 18.4 Å². The smallest absolute Gasteiger partial charge is 0.222 e. The quantitative estimate of drug-likeness (QED) is 0.573. The first-order chi connectivity index (χ1) is 13.2. The predicted molar refractivity (Wildman–Crippen MR) is 108 cm³/mol. The maximum absolute atomic E-state index is 6.32. The van der Waals surface area contributed by atoms with Gasteiger partial charge in [0.05, 0.1) is 23.7 Å². The molecule has 0 fully saturated rings. The molecule has 4 nitrogen and oxygen atoms in total. The zero-order valence-corrected chi connectivity index (χ0v) is 16.2. The Morgan fingerprint density at radius 3 is 2.78 bits per heavy atom. The maximum Gasteiger partial charge on any atom is 0.222 e. The highest BCUT2D eigenvalue weighted by Gasteiger charge is 2.41. The van der Waals surface area contributed by atoms with E-state index < -0.39 is 0 Å². The van der Waals surface area contributed by atoms with Crippen molar-refractivity contribution in [1.82, 2.24) is 5.01 Å². The number of ether oxygens (including phenoxy) is 2. The third-order valence-electron chi connectivity index (χ3n) is 4.96. The van der Waals surface area contributed by atoms with Crippen LogP contribution in [0.4, 0.5) is 0 Å². The number of methoxy groups -OCH3 is 1. The summed E-state index contributed by atoms with van der Waals surface area (Å²) in [7, 11) is 1.67. The minimum atomic E-state index is -0.223. The van der Waals surface area contributed by atoms with Crippen molar-refractivity contribution in [3.8, 4) is 11.5 Å². The number of nitrogens with zero attached hydrogens (tertiary/aromatic N) is 2. The lowest BCUT2D eigenvalue weighted by Gasteiger charge is -2.37. The van der Waals surface area contributed by atoms with Gasteiger partial charge in [0, 0.05) is 17.0 Å². The summed E-state index contributed by atoms with van der Waals surface area (Å²) in [6.45, 7) is 0. The van der Waals surface area contributed by atoms with E-state index >= 15 is 0 Å². The number of hydrogen-bond donors (Lipinski definition) is 0. The van der Waals surface area contributed by atoms with Crippen LogP contribution in [0.5, 0.6) is 11.5 Å². The third-order valence-corrected chi connectivity index (χ3v) is 6.10. The molecule has 2 aromatic carbocycles. The van der Waals surface area contributed by atoms with E-state index in [1.165, 1.54) is 0 Å². The van der Waals surface area contributed by atoms with E-state index in [4.69, 9.17) is 26.2 Å². The first-order valence-corrected chi connectivity index (χ1v) is 9.98. The average molecular weight is 397 g/mol. The SMILES string of the molecule is COc1ccc(C2=NN3[C@H](C2)c2cc(Cl)ccc2O[C@@H]3c2cccs2)cc1. The van der Waals surface area contributed by atoms with E-state index in [-0.39, 0.29) is 12.3 Å². The Kier molecular flexibility index (Phi) is 4.06. The summed E-state index contributed by atoms with van der Waals surface area (Å²) >= 11 is 7.95. The van der Waals surface area contributed by atoms with Gasteiger partial charge in [0.1, 0.15) is 11.5 Å². The van der Waals surface area contributed by atoms with Crippen LogP contribution in [-0.4, -0.2) is 17.8 Å². The van der Waals surface area contributed by atoms with Gasteiger partial charge < -0.3 is 9.47 Å². The molecule has 0 spiro atoms. The van der Waals surface area contributed by atoms with Gasteiger partial charge in [-0.2, -0.15) is 5.10 Å². The molecule has 0 amide bonds. The van der Waals surface area contributed by atoms with E-state index in [1.807, 2.05) is 36.4 Å². The molecule has 3 aromatic rings. The van der Waals surface area contributed by atoms with Gasteiger partial charge in [0.25, 0.3) is 0 Å². The molecule has 0 saturated heterocycles. The molecule has 0 unspecified atom stereocenters. The number of thiophene rings is 1. The van der Waals surface area contributed by atoms with Crippen molar-refractivity contribution >= 4 is 28.6 Å². The molecule has 0 bridgehead atoms. The topological polar surface area (TPSA) is 34.1 Å². The fourth-order valence-electron chi connectivity index (χ4n) is 3.64. The zero-order valence-electron chi connectivity index (χ0n) is 14.6. The Hall–Kier alpha value is -2.50. The minimum absolute atomic E-state index is 0.108. The molecule has 1 aromatic heterocycles. The monoisotopic (exact) mass is 396 g/mol. The van der Waals surface area contributed by atoms with Crippen LogP contribution in [0.1, 0.15) is 34.7 Å². The minimum Gasteiger partial charge on any atom is -0.497 e. The summed E-state index contributed by atoms with van der Waals surface area (Å²) in [4.78, 5) is 1.14. The van der Waals surface area contributed by atoms with E-state index in [0.717, 1.165) is 39.6 Å². The van der Waals surface area contributed by atoms with Gasteiger partial charge in [-0.1, -0.05) is 17.7 Å². The number of fused-ring (bicyclic) bond motifs is 3. The highest BCUT2D eigenvalue weighted by Crippen LogP contribution is 2.48. The summed E-state index contributed by atoms with van der Waals surface area (Å²) < 4.78 is 11.6. The summed E-state index contributed by atoms with van der Waals surface area (Å²) in [5.74, 6) is 1.72. The van der Waals surface area contributed by atoms with Crippen LogP contribution in [0.15, 0.2) is 65.1 Å². The summed E-state index contributed by atoms with van der Waals surface area (Å²) in [6.07, 6.45) is 0.588. The Morgan fingerprint density at radius 1 is 1.19 bits per heavy atom. The van der Waals surface area contributed by atoms with Gasteiger partial charge >= 0.3 is 0 Å². The number of rotatable bonds is 3.